The smallest absolute Gasteiger partial charge is 0.121 e. The molecule has 2 aromatic rings. The first-order chi connectivity index (χ1) is 10.3. The first-order valence-corrected chi connectivity index (χ1v) is 8.67. The summed E-state index contributed by atoms with van der Waals surface area (Å²) < 4.78 is 5.31. The van der Waals surface area contributed by atoms with Gasteiger partial charge in [-0.05, 0) is 42.3 Å². The molecular formula is C17H20ClNOS. The zero-order chi connectivity index (χ0) is 14.7. The topological polar surface area (TPSA) is 21.3 Å². The summed E-state index contributed by atoms with van der Waals surface area (Å²) in [4.78, 5) is 1.39. The molecule has 1 aromatic carbocycles. The van der Waals surface area contributed by atoms with Crippen LogP contribution in [0.2, 0.25) is 5.02 Å². The van der Waals surface area contributed by atoms with Crippen LogP contribution in [0.4, 0.5) is 5.69 Å². The molecule has 1 atom stereocenters. The second-order valence-electron chi connectivity index (χ2n) is 5.53. The average Bonchev–Trinajstić information content (AvgIpc) is 3.20. The molecule has 2 nitrogen and oxygen atoms in total. The number of hydrogen-bond acceptors (Lipinski definition) is 3. The Hall–Kier alpha value is -1.19. The maximum atomic E-state index is 6.35. The van der Waals surface area contributed by atoms with Gasteiger partial charge in [-0.15, -0.1) is 11.3 Å². The van der Waals surface area contributed by atoms with Crippen LogP contribution >= 0.6 is 22.9 Å². The lowest BCUT2D eigenvalue weighted by atomic mass is 9.96. The largest absolute Gasteiger partial charge is 0.497 e. The van der Waals surface area contributed by atoms with Crippen LogP contribution in [0, 0.1) is 5.92 Å². The van der Waals surface area contributed by atoms with Crippen molar-refractivity contribution in [1.29, 1.82) is 0 Å². The molecule has 1 unspecified atom stereocenters. The van der Waals surface area contributed by atoms with Crippen LogP contribution < -0.4 is 10.1 Å². The van der Waals surface area contributed by atoms with Gasteiger partial charge < -0.3 is 10.1 Å². The lowest BCUT2D eigenvalue weighted by Crippen LogP contribution is -2.18. The van der Waals surface area contributed by atoms with Gasteiger partial charge in [0.1, 0.15) is 5.75 Å². The van der Waals surface area contributed by atoms with Gasteiger partial charge in [0.15, 0.2) is 0 Å². The van der Waals surface area contributed by atoms with Crippen molar-refractivity contribution >= 4 is 28.6 Å². The van der Waals surface area contributed by atoms with E-state index in [2.05, 4.69) is 22.8 Å². The summed E-state index contributed by atoms with van der Waals surface area (Å²) in [6.45, 7) is 0. The van der Waals surface area contributed by atoms with Crippen LogP contribution in [0.5, 0.6) is 5.75 Å². The van der Waals surface area contributed by atoms with E-state index < -0.39 is 0 Å². The quantitative estimate of drug-likeness (QED) is 0.756. The summed E-state index contributed by atoms with van der Waals surface area (Å²) >= 11 is 8.17. The fourth-order valence-corrected chi connectivity index (χ4v) is 4.13. The zero-order valence-corrected chi connectivity index (χ0v) is 13.7. The molecule has 1 saturated carbocycles. The highest BCUT2D eigenvalue weighted by Crippen LogP contribution is 2.41. The van der Waals surface area contributed by atoms with Crippen molar-refractivity contribution in [3.05, 3.63) is 45.6 Å². The van der Waals surface area contributed by atoms with Crippen molar-refractivity contribution in [3.63, 3.8) is 0 Å². The Bertz CT molecular complexity index is 578. The summed E-state index contributed by atoms with van der Waals surface area (Å²) in [5.74, 6) is 1.52. The number of rotatable bonds is 5. The van der Waals surface area contributed by atoms with Crippen LogP contribution in [0.15, 0.2) is 35.7 Å². The van der Waals surface area contributed by atoms with E-state index in [0.717, 1.165) is 16.5 Å². The molecule has 1 N–H and O–H groups in total. The molecule has 0 amide bonds. The minimum atomic E-state index is 0.345. The predicted molar refractivity (Wildman–Crippen MR) is 90.6 cm³/mol. The highest BCUT2D eigenvalue weighted by Gasteiger charge is 2.27. The molecule has 1 fully saturated rings. The Balaban J connectivity index is 1.87. The Morgan fingerprint density at radius 3 is 2.76 bits per heavy atom. The fraction of sp³-hybridized carbons (Fsp3) is 0.412. The SMILES string of the molecule is COc1ccc(Cl)c(NC(c2cccs2)C2CCCC2)c1. The predicted octanol–water partition coefficient (Wildman–Crippen LogP) is 5.75. The van der Waals surface area contributed by atoms with Crippen LogP contribution in [-0.4, -0.2) is 7.11 Å². The van der Waals surface area contributed by atoms with Gasteiger partial charge in [0, 0.05) is 10.9 Å². The van der Waals surface area contributed by atoms with E-state index in [9.17, 15) is 0 Å². The molecule has 0 aliphatic heterocycles. The van der Waals surface area contributed by atoms with E-state index in [0.29, 0.717) is 12.0 Å². The lowest BCUT2D eigenvalue weighted by Gasteiger charge is -2.25. The minimum Gasteiger partial charge on any atom is -0.497 e. The lowest BCUT2D eigenvalue weighted by molar-refractivity contribution is 0.414. The molecule has 1 aliphatic carbocycles. The van der Waals surface area contributed by atoms with Crippen LogP contribution in [0.25, 0.3) is 0 Å². The van der Waals surface area contributed by atoms with Crippen molar-refractivity contribution in [2.45, 2.75) is 31.7 Å². The normalized spacial score (nSPS) is 16.9. The molecule has 3 rings (SSSR count). The number of thiophene rings is 1. The Morgan fingerprint density at radius 2 is 2.10 bits per heavy atom. The van der Waals surface area contributed by atoms with Crippen molar-refractivity contribution in [2.24, 2.45) is 5.92 Å². The molecule has 1 heterocycles. The number of benzene rings is 1. The minimum absolute atomic E-state index is 0.345. The van der Waals surface area contributed by atoms with Gasteiger partial charge in [0.2, 0.25) is 0 Å². The van der Waals surface area contributed by atoms with Crippen molar-refractivity contribution in [3.8, 4) is 5.75 Å². The van der Waals surface area contributed by atoms with Crippen LogP contribution in [-0.2, 0) is 0 Å². The maximum Gasteiger partial charge on any atom is 0.121 e. The summed E-state index contributed by atoms with van der Waals surface area (Å²) in [7, 11) is 1.68. The summed E-state index contributed by atoms with van der Waals surface area (Å²) in [6.07, 6.45) is 5.24. The average molecular weight is 322 g/mol. The summed E-state index contributed by atoms with van der Waals surface area (Å²) in [6, 6.07) is 10.5. The number of methoxy groups -OCH3 is 1. The van der Waals surface area contributed by atoms with E-state index in [4.69, 9.17) is 16.3 Å². The van der Waals surface area contributed by atoms with Gasteiger partial charge in [-0.1, -0.05) is 30.5 Å². The molecule has 0 spiro atoms. The van der Waals surface area contributed by atoms with Gasteiger partial charge in [0.05, 0.1) is 23.9 Å². The monoisotopic (exact) mass is 321 g/mol. The third-order valence-electron chi connectivity index (χ3n) is 4.21. The zero-order valence-electron chi connectivity index (χ0n) is 12.1. The van der Waals surface area contributed by atoms with Gasteiger partial charge in [-0.2, -0.15) is 0 Å². The molecule has 0 bridgehead atoms. The van der Waals surface area contributed by atoms with Crippen molar-refractivity contribution in [2.75, 3.05) is 12.4 Å². The van der Waals surface area contributed by atoms with Gasteiger partial charge in [0.25, 0.3) is 0 Å². The molecule has 112 valence electrons. The van der Waals surface area contributed by atoms with Gasteiger partial charge in [-0.25, -0.2) is 0 Å². The van der Waals surface area contributed by atoms with Gasteiger partial charge >= 0.3 is 0 Å². The number of anilines is 1. The second kappa shape index (κ2) is 6.71. The van der Waals surface area contributed by atoms with Crippen LogP contribution in [0.3, 0.4) is 0 Å². The first-order valence-electron chi connectivity index (χ1n) is 7.41. The Kier molecular flexibility index (Phi) is 4.71. The molecular weight excluding hydrogens is 302 g/mol. The standard InChI is InChI=1S/C17H20ClNOS/c1-20-13-8-9-14(18)15(11-13)19-17(12-5-2-3-6-12)16-7-4-10-21-16/h4,7-12,17,19H,2-3,5-6H2,1H3. The number of halogens is 1. The van der Waals surface area contributed by atoms with E-state index in [1.807, 2.05) is 29.5 Å². The highest BCUT2D eigenvalue weighted by molar-refractivity contribution is 7.10. The number of hydrogen-bond donors (Lipinski definition) is 1. The summed E-state index contributed by atoms with van der Waals surface area (Å²) in [5.41, 5.74) is 0.960. The Labute approximate surface area is 135 Å². The molecule has 0 saturated heterocycles. The Morgan fingerprint density at radius 1 is 1.29 bits per heavy atom. The van der Waals surface area contributed by atoms with Crippen molar-refractivity contribution in [1.82, 2.24) is 0 Å². The first kappa shape index (κ1) is 14.7. The van der Waals surface area contributed by atoms with Crippen molar-refractivity contribution < 1.29 is 4.74 Å². The number of ether oxygens (including phenoxy) is 1. The number of nitrogens with one attached hydrogen (secondary N) is 1. The molecule has 1 aromatic heterocycles. The van der Waals surface area contributed by atoms with E-state index in [-0.39, 0.29) is 0 Å². The van der Waals surface area contributed by atoms with E-state index in [1.165, 1.54) is 30.6 Å². The summed E-state index contributed by atoms with van der Waals surface area (Å²) in [5, 5.41) is 6.56. The third kappa shape index (κ3) is 3.35. The molecule has 1 aliphatic rings. The third-order valence-corrected chi connectivity index (χ3v) is 5.49. The van der Waals surface area contributed by atoms with E-state index >= 15 is 0 Å². The molecule has 4 heteroatoms. The second-order valence-corrected chi connectivity index (χ2v) is 6.91. The van der Waals surface area contributed by atoms with Crippen LogP contribution in [0.1, 0.15) is 36.6 Å². The van der Waals surface area contributed by atoms with Gasteiger partial charge in [-0.3, -0.25) is 0 Å². The van der Waals surface area contributed by atoms with E-state index in [1.54, 1.807) is 7.11 Å². The fourth-order valence-electron chi connectivity index (χ4n) is 3.09. The molecule has 0 radical (unpaired) electrons. The molecule has 21 heavy (non-hydrogen) atoms. The maximum absolute atomic E-state index is 6.35. The highest BCUT2D eigenvalue weighted by atomic mass is 35.5.